The highest BCUT2D eigenvalue weighted by Crippen LogP contribution is 2.19. The van der Waals surface area contributed by atoms with E-state index in [2.05, 4.69) is 5.32 Å². The van der Waals surface area contributed by atoms with Crippen LogP contribution in [0.2, 0.25) is 0 Å². The topological polar surface area (TPSA) is 58.6 Å². The van der Waals surface area contributed by atoms with Crippen LogP contribution in [0.1, 0.15) is 33.6 Å². The Morgan fingerprint density at radius 2 is 2.06 bits per heavy atom. The summed E-state index contributed by atoms with van der Waals surface area (Å²) in [6, 6.07) is -0.741. The molecule has 5 heteroatoms. The lowest BCUT2D eigenvalue weighted by Gasteiger charge is -2.40. The highest BCUT2D eigenvalue weighted by Gasteiger charge is 2.40. The van der Waals surface area contributed by atoms with Gasteiger partial charge in [-0.1, -0.05) is 27.2 Å². The summed E-state index contributed by atoms with van der Waals surface area (Å²) < 4.78 is 5.02. The minimum atomic E-state index is -0.387. The molecule has 1 aliphatic heterocycles. The third-order valence-electron chi connectivity index (χ3n) is 3.66. The molecule has 18 heavy (non-hydrogen) atoms. The Bertz CT molecular complexity index is 307. The van der Waals surface area contributed by atoms with Crippen molar-refractivity contribution in [2.45, 2.75) is 45.7 Å². The number of nitrogens with zero attached hydrogens (tertiary/aromatic N) is 1. The van der Waals surface area contributed by atoms with Gasteiger partial charge in [0.15, 0.2) is 0 Å². The van der Waals surface area contributed by atoms with Gasteiger partial charge in [0.05, 0.1) is 6.61 Å². The first-order valence-electron chi connectivity index (χ1n) is 6.66. The van der Waals surface area contributed by atoms with Crippen molar-refractivity contribution in [2.24, 2.45) is 5.92 Å². The van der Waals surface area contributed by atoms with Gasteiger partial charge in [0.25, 0.3) is 0 Å². The summed E-state index contributed by atoms with van der Waals surface area (Å²) in [5, 5.41) is 2.85. The lowest BCUT2D eigenvalue weighted by Crippen LogP contribution is -2.65. The minimum Gasteiger partial charge on any atom is -0.383 e. The van der Waals surface area contributed by atoms with Crippen molar-refractivity contribution in [3.05, 3.63) is 0 Å². The molecule has 1 saturated heterocycles. The number of rotatable bonds is 6. The van der Waals surface area contributed by atoms with Gasteiger partial charge in [-0.3, -0.25) is 9.59 Å². The summed E-state index contributed by atoms with van der Waals surface area (Å²) >= 11 is 0. The van der Waals surface area contributed by atoms with Gasteiger partial charge in [0, 0.05) is 13.7 Å². The summed E-state index contributed by atoms with van der Waals surface area (Å²) in [5.41, 5.74) is 0. The SMILES string of the molecule is CCC(C)C1NC(=O)C(CC)N(CCOC)C1=O. The number of carbonyl (C=O) groups excluding carboxylic acids is 2. The van der Waals surface area contributed by atoms with Crippen LogP contribution in [0.3, 0.4) is 0 Å². The van der Waals surface area contributed by atoms with Crippen LogP contribution in [0.25, 0.3) is 0 Å². The fourth-order valence-electron chi connectivity index (χ4n) is 2.27. The molecule has 5 nitrogen and oxygen atoms in total. The minimum absolute atomic E-state index is 0.0212. The molecule has 2 amide bonds. The van der Waals surface area contributed by atoms with E-state index in [9.17, 15) is 9.59 Å². The smallest absolute Gasteiger partial charge is 0.246 e. The molecular weight excluding hydrogens is 232 g/mol. The van der Waals surface area contributed by atoms with E-state index in [1.54, 1.807) is 12.0 Å². The van der Waals surface area contributed by atoms with E-state index < -0.39 is 0 Å². The average Bonchev–Trinajstić information content (AvgIpc) is 2.38. The van der Waals surface area contributed by atoms with Gasteiger partial charge in [0.1, 0.15) is 12.1 Å². The molecule has 0 aromatic carbocycles. The molecule has 104 valence electrons. The second kappa shape index (κ2) is 6.73. The molecule has 0 bridgehead atoms. The lowest BCUT2D eigenvalue weighted by molar-refractivity contribution is -0.151. The third-order valence-corrected chi connectivity index (χ3v) is 3.66. The van der Waals surface area contributed by atoms with Crippen molar-refractivity contribution in [1.82, 2.24) is 10.2 Å². The molecule has 0 spiro atoms. The molecule has 0 aliphatic carbocycles. The zero-order chi connectivity index (χ0) is 13.7. The first kappa shape index (κ1) is 15.0. The van der Waals surface area contributed by atoms with Crippen LogP contribution in [-0.4, -0.2) is 49.1 Å². The van der Waals surface area contributed by atoms with E-state index in [4.69, 9.17) is 4.74 Å². The van der Waals surface area contributed by atoms with E-state index in [0.29, 0.717) is 19.6 Å². The highest BCUT2D eigenvalue weighted by molar-refractivity contribution is 5.97. The average molecular weight is 256 g/mol. The van der Waals surface area contributed by atoms with Crippen LogP contribution in [0.4, 0.5) is 0 Å². The van der Waals surface area contributed by atoms with Gasteiger partial charge in [-0.05, 0) is 12.3 Å². The van der Waals surface area contributed by atoms with Crippen LogP contribution in [0.5, 0.6) is 0 Å². The third kappa shape index (κ3) is 3.02. The molecule has 0 saturated carbocycles. The molecule has 3 atom stereocenters. The van der Waals surface area contributed by atoms with Crippen molar-refractivity contribution in [2.75, 3.05) is 20.3 Å². The Kier molecular flexibility index (Phi) is 5.59. The summed E-state index contributed by atoms with van der Waals surface area (Å²) in [6.07, 6.45) is 1.50. The molecular formula is C13H24N2O3. The fraction of sp³-hybridized carbons (Fsp3) is 0.846. The molecule has 1 heterocycles. The number of methoxy groups -OCH3 is 1. The Morgan fingerprint density at radius 3 is 2.56 bits per heavy atom. The Balaban J connectivity index is 2.86. The van der Waals surface area contributed by atoms with Crippen molar-refractivity contribution in [3.63, 3.8) is 0 Å². The van der Waals surface area contributed by atoms with Crippen LogP contribution in [0.15, 0.2) is 0 Å². The maximum Gasteiger partial charge on any atom is 0.246 e. The van der Waals surface area contributed by atoms with Crippen molar-refractivity contribution in [1.29, 1.82) is 0 Å². The number of ether oxygens (including phenoxy) is 1. The number of nitrogens with one attached hydrogen (secondary N) is 1. The van der Waals surface area contributed by atoms with Gasteiger partial charge in [-0.15, -0.1) is 0 Å². The standard InChI is InChI=1S/C13H24N2O3/c1-5-9(3)11-13(17)15(7-8-18-4)10(6-2)12(16)14-11/h9-11H,5-8H2,1-4H3,(H,14,16). The van der Waals surface area contributed by atoms with E-state index >= 15 is 0 Å². The number of hydrogen-bond donors (Lipinski definition) is 1. The first-order valence-corrected chi connectivity index (χ1v) is 6.66. The molecule has 3 unspecified atom stereocenters. The van der Waals surface area contributed by atoms with E-state index in [0.717, 1.165) is 6.42 Å². The van der Waals surface area contributed by atoms with E-state index in [-0.39, 0.29) is 29.8 Å². The van der Waals surface area contributed by atoms with Crippen molar-refractivity contribution >= 4 is 11.8 Å². The normalized spacial score (nSPS) is 26.1. The van der Waals surface area contributed by atoms with Crippen LogP contribution < -0.4 is 5.32 Å². The van der Waals surface area contributed by atoms with Crippen molar-refractivity contribution in [3.8, 4) is 0 Å². The number of amides is 2. The van der Waals surface area contributed by atoms with Crippen LogP contribution in [0, 0.1) is 5.92 Å². The van der Waals surface area contributed by atoms with Gasteiger partial charge in [-0.25, -0.2) is 0 Å². The second-order valence-electron chi connectivity index (χ2n) is 4.82. The summed E-state index contributed by atoms with van der Waals surface area (Å²) in [7, 11) is 1.60. The Labute approximate surface area is 109 Å². The molecule has 0 radical (unpaired) electrons. The Morgan fingerprint density at radius 1 is 1.39 bits per heavy atom. The molecule has 1 aliphatic rings. The maximum absolute atomic E-state index is 12.4. The Hall–Kier alpha value is -1.10. The van der Waals surface area contributed by atoms with Gasteiger partial charge in [-0.2, -0.15) is 0 Å². The predicted molar refractivity (Wildman–Crippen MR) is 69.1 cm³/mol. The second-order valence-corrected chi connectivity index (χ2v) is 4.82. The number of piperazine rings is 1. The monoisotopic (exact) mass is 256 g/mol. The molecule has 0 aromatic heterocycles. The largest absolute Gasteiger partial charge is 0.383 e. The summed E-state index contributed by atoms with van der Waals surface area (Å²) in [4.78, 5) is 26.1. The van der Waals surface area contributed by atoms with E-state index in [1.165, 1.54) is 0 Å². The number of carbonyl (C=O) groups is 2. The van der Waals surface area contributed by atoms with E-state index in [1.807, 2.05) is 20.8 Å². The molecule has 1 fully saturated rings. The molecule has 1 N–H and O–H groups in total. The zero-order valence-corrected chi connectivity index (χ0v) is 11.7. The van der Waals surface area contributed by atoms with Crippen LogP contribution in [-0.2, 0) is 14.3 Å². The van der Waals surface area contributed by atoms with Gasteiger partial charge in [0.2, 0.25) is 11.8 Å². The number of hydrogen-bond acceptors (Lipinski definition) is 3. The zero-order valence-electron chi connectivity index (χ0n) is 11.7. The van der Waals surface area contributed by atoms with Gasteiger partial charge < -0.3 is 15.0 Å². The summed E-state index contributed by atoms with van der Waals surface area (Å²) in [5.74, 6) is 0.135. The summed E-state index contributed by atoms with van der Waals surface area (Å²) in [6.45, 7) is 6.87. The fourth-order valence-corrected chi connectivity index (χ4v) is 2.27. The van der Waals surface area contributed by atoms with Gasteiger partial charge >= 0.3 is 0 Å². The maximum atomic E-state index is 12.4. The van der Waals surface area contributed by atoms with Crippen LogP contribution >= 0.6 is 0 Å². The van der Waals surface area contributed by atoms with Crippen molar-refractivity contribution < 1.29 is 14.3 Å². The molecule has 1 rings (SSSR count). The predicted octanol–water partition coefficient (Wildman–Crippen LogP) is 0.785. The molecule has 0 aromatic rings. The lowest BCUT2D eigenvalue weighted by atomic mass is 9.93. The quantitative estimate of drug-likeness (QED) is 0.764. The first-order chi connectivity index (χ1) is 8.56. The highest BCUT2D eigenvalue weighted by atomic mass is 16.5.